The van der Waals surface area contributed by atoms with Crippen molar-refractivity contribution in [2.75, 3.05) is 19.7 Å². The molecule has 1 saturated heterocycles. The van der Waals surface area contributed by atoms with Gasteiger partial charge < -0.3 is 9.64 Å². The van der Waals surface area contributed by atoms with Crippen molar-refractivity contribution < 1.29 is 18.7 Å². The topological polar surface area (TPSA) is 46.6 Å². The summed E-state index contributed by atoms with van der Waals surface area (Å²) in [5.74, 6) is -0.0195. The van der Waals surface area contributed by atoms with Crippen LogP contribution in [-0.4, -0.2) is 36.5 Å². The van der Waals surface area contributed by atoms with Gasteiger partial charge in [0.25, 0.3) is 0 Å². The third-order valence-corrected chi connectivity index (χ3v) is 6.06. The highest BCUT2D eigenvalue weighted by Gasteiger charge is 2.45. The fourth-order valence-electron chi connectivity index (χ4n) is 4.61. The highest BCUT2D eigenvalue weighted by atomic mass is 19.1. The molecular formula is C22H30FNO3. The number of benzene rings is 1. The van der Waals surface area contributed by atoms with Gasteiger partial charge in [0, 0.05) is 19.5 Å². The molecule has 1 saturated carbocycles. The fraction of sp³-hybridized carbons (Fsp3) is 0.636. The highest BCUT2D eigenvalue weighted by molar-refractivity contribution is 5.81. The average molecular weight is 375 g/mol. The lowest BCUT2D eigenvalue weighted by atomic mass is 9.74. The number of nitrogens with zero attached hydrogens (tertiary/aromatic N) is 1. The van der Waals surface area contributed by atoms with E-state index in [1.807, 2.05) is 4.90 Å². The van der Waals surface area contributed by atoms with Crippen molar-refractivity contribution in [1.29, 1.82) is 0 Å². The molecule has 2 fully saturated rings. The number of hydrogen-bond acceptors (Lipinski definition) is 3. The average Bonchev–Trinajstić information content (AvgIpc) is 3.17. The molecule has 0 N–H and O–H groups in total. The maximum Gasteiger partial charge on any atom is 0.314 e. The molecule has 3 rings (SSSR count). The lowest BCUT2D eigenvalue weighted by Crippen LogP contribution is -2.52. The summed E-state index contributed by atoms with van der Waals surface area (Å²) in [6.07, 6.45) is 6.85. The second-order valence-electron chi connectivity index (χ2n) is 8.04. The summed E-state index contributed by atoms with van der Waals surface area (Å²) < 4.78 is 19.6. The van der Waals surface area contributed by atoms with E-state index in [9.17, 15) is 14.0 Å². The van der Waals surface area contributed by atoms with Crippen molar-refractivity contribution in [3.63, 3.8) is 0 Å². The first kappa shape index (κ1) is 19.8. The van der Waals surface area contributed by atoms with Gasteiger partial charge in [0.2, 0.25) is 5.91 Å². The molecule has 0 radical (unpaired) electrons. The van der Waals surface area contributed by atoms with Crippen LogP contribution in [0.4, 0.5) is 4.39 Å². The second kappa shape index (κ2) is 8.85. The number of rotatable bonds is 6. The second-order valence-corrected chi connectivity index (χ2v) is 8.04. The van der Waals surface area contributed by atoms with Gasteiger partial charge in [0.15, 0.2) is 0 Å². The van der Waals surface area contributed by atoms with E-state index in [0.717, 1.165) is 19.3 Å². The minimum atomic E-state index is -0.859. The molecule has 148 valence electrons. The van der Waals surface area contributed by atoms with E-state index in [1.165, 1.54) is 18.9 Å². The zero-order valence-electron chi connectivity index (χ0n) is 16.2. The summed E-state index contributed by atoms with van der Waals surface area (Å²) in [4.78, 5) is 27.5. The monoisotopic (exact) mass is 375 g/mol. The molecule has 4 nitrogen and oxygen atoms in total. The molecule has 1 aliphatic carbocycles. The first-order valence-electron chi connectivity index (χ1n) is 10.2. The molecule has 1 atom stereocenters. The van der Waals surface area contributed by atoms with Crippen LogP contribution in [-0.2, 0) is 20.7 Å². The van der Waals surface area contributed by atoms with Crippen LogP contribution in [0.15, 0.2) is 24.3 Å². The molecule has 1 aliphatic heterocycles. The van der Waals surface area contributed by atoms with Gasteiger partial charge in [-0.25, -0.2) is 4.39 Å². The van der Waals surface area contributed by atoms with Gasteiger partial charge in [0.1, 0.15) is 5.82 Å². The first-order chi connectivity index (χ1) is 13.0. The Kier molecular flexibility index (Phi) is 6.51. The van der Waals surface area contributed by atoms with Crippen molar-refractivity contribution in [1.82, 2.24) is 4.90 Å². The zero-order chi connectivity index (χ0) is 19.3. The Morgan fingerprint density at radius 3 is 2.67 bits per heavy atom. The Morgan fingerprint density at radius 1 is 1.22 bits per heavy atom. The largest absolute Gasteiger partial charge is 0.466 e. The van der Waals surface area contributed by atoms with E-state index in [-0.39, 0.29) is 30.7 Å². The summed E-state index contributed by atoms with van der Waals surface area (Å²) in [6.45, 7) is 3.06. The zero-order valence-corrected chi connectivity index (χ0v) is 16.2. The first-order valence-corrected chi connectivity index (χ1v) is 10.2. The molecule has 5 heteroatoms. The van der Waals surface area contributed by atoms with E-state index in [1.54, 1.807) is 25.1 Å². The molecule has 27 heavy (non-hydrogen) atoms. The Balaban J connectivity index is 1.78. The standard InChI is InChI=1S/C22H30FNO3/c1-2-27-21(26)22(15-18-10-5-6-11-19(18)23)12-7-13-24(16-22)20(25)14-17-8-3-4-9-17/h5-6,10-11,17H,2-4,7-9,12-16H2,1H3/t22-/m1/s1. The van der Waals surface area contributed by atoms with Gasteiger partial charge in [-0.2, -0.15) is 0 Å². The van der Waals surface area contributed by atoms with Crippen LogP contribution < -0.4 is 0 Å². The smallest absolute Gasteiger partial charge is 0.314 e. The SMILES string of the molecule is CCOC(=O)[C@@]1(Cc2ccccc2F)CCCN(C(=O)CC2CCCC2)C1. The molecule has 1 amide bonds. The molecule has 1 heterocycles. The van der Waals surface area contributed by atoms with Gasteiger partial charge in [-0.1, -0.05) is 31.0 Å². The Labute approximate surface area is 161 Å². The van der Waals surface area contributed by atoms with Gasteiger partial charge >= 0.3 is 5.97 Å². The number of amides is 1. The van der Waals surface area contributed by atoms with E-state index in [4.69, 9.17) is 4.74 Å². The fourth-order valence-corrected chi connectivity index (χ4v) is 4.61. The minimum Gasteiger partial charge on any atom is -0.466 e. The summed E-state index contributed by atoms with van der Waals surface area (Å²) in [7, 11) is 0. The van der Waals surface area contributed by atoms with Crippen LogP contribution in [0.2, 0.25) is 0 Å². The lowest BCUT2D eigenvalue weighted by Gasteiger charge is -2.41. The molecule has 1 aromatic rings. The van der Waals surface area contributed by atoms with Gasteiger partial charge in [0.05, 0.1) is 12.0 Å². The Hall–Kier alpha value is -1.91. The van der Waals surface area contributed by atoms with Crippen molar-refractivity contribution in [3.05, 3.63) is 35.6 Å². The van der Waals surface area contributed by atoms with E-state index >= 15 is 0 Å². The molecule has 0 unspecified atom stereocenters. The summed E-state index contributed by atoms with van der Waals surface area (Å²) >= 11 is 0. The van der Waals surface area contributed by atoms with E-state index < -0.39 is 5.41 Å². The van der Waals surface area contributed by atoms with Crippen molar-refractivity contribution in [3.8, 4) is 0 Å². The highest BCUT2D eigenvalue weighted by Crippen LogP contribution is 2.37. The van der Waals surface area contributed by atoms with Crippen molar-refractivity contribution in [2.45, 2.75) is 58.3 Å². The quantitative estimate of drug-likeness (QED) is 0.703. The number of hydrogen-bond donors (Lipinski definition) is 0. The lowest BCUT2D eigenvalue weighted by molar-refractivity contribution is -0.161. The molecule has 2 aliphatic rings. The van der Waals surface area contributed by atoms with Crippen LogP contribution in [0.25, 0.3) is 0 Å². The molecular weight excluding hydrogens is 345 g/mol. The van der Waals surface area contributed by atoms with Gasteiger partial charge in [-0.15, -0.1) is 0 Å². The number of piperidine rings is 1. The predicted molar refractivity (Wildman–Crippen MR) is 102 cm³/mol. The third kappa shape index (κ3) is 4.69. The summed E-state index contributed by atoms with van der Waals surface area (Å²) in [5.41, 5.74) is -0.349. The van der Waals surface area contributed by atoms with E-state index in [0.29, 0.717) is 37.4 Å². The van der Waals surface area contributed by atoms with Crippen LogP contribution in [0.5, 0.6) is 0 Å². The summed E-state index contributed by atoms with van der Waals surface area (Å²) in [5, 5.41) is 0. The number of ether oxygens (including phenoxy) is 1. The van der Waals surface area contributed by atoms with Crippen molar-refractivity contribution in [2.24, 2.45) is 11.3 Å². The Bertz CT molecular complexity index is 671. The number of carbonyl (C=O) groups excluding carboxylic acids is 2. The van der Waals surface area contributed by atoms with Crippen molar-refractivity contribution >= 4 is 11.9 Å². The maximum absolute atomic E-state index is 14.3. The maximum atomic E-state index is 14.3. The van der Waals surface area contributed by atoms with E-state index in [2.05, 4.69) is 0 Å². The van der Waals surface area contributed by atoms with Gasteiger partial charge in [-0.3, -0.25) is 9.59 Å². The van der Waals surface area contributed by atoms with Crippen LogP contribution in [0.3, 0.4) is 0 Å². The van der Waals surface area contributed by atoms with Crippen LogP contribution in [0, 0.1) is 17.2 Å². The predicted octanol–water partition coefficient (Wildman–Crippen LogP) is 4.12. The Morgan fingerprint density at radius 2 is 1.96 bits per heavy atom. The number of halogens is 1. The molecule has 0 aromatic heterocycles. The molecule has 1 aromatic carbocycles. The number of likely N-dealkylation sites (tertiary alicyclic amines) is 1. The summed E-state index contributed by atoms with van der Waals surface area (Å²) in [6, 6.07) is 6.56. The minimum absolute atomic E-state index is 0.129. The third-order valence-electron chi connectivity index (χ3n) is 6.06. The number of carbonyl (C=O) groups is 2. The van der Waals surface area contributed by atoms with Gasteiger partial charge in [-0.05, 0) is 56.6 Å². The van der Waals surface area contributed by atoms with Crippen LogP contribution >= 0.6 is 0 Å². The molecule has 0 bridgehead atoms. The molecule has 0 spiro atoms. The normalized spacial score (nSPS) is 23.4. The number of esters is 1. The van der Waals surface area contributed by atoms with Crippen LogP contribution in [0.1, 0.15) is 57.4 Å².